The molecule has 0 unspecified atom stereocenters. The highest BCUT2D eigenvalue weighted by Crippen LogP contribution is 2.15. The van der Waals surface area contributed by atoms with E-state index < -0.39 is 5.97 Å². The molecule has 2 N–H and O–H groups in total. The van der Waals surface area contributed by atoms with Crippen molar-refractivity contribution in [2.75, 3.05) is 18.0 Å². The molecule has 1 aliphatic rings. The van der Waals surface area contributed by atoms with Gasteiger partial charge >= 0.3 is 5.97 Å². The van der Waals surface area contributed by atoms with Crippen LogP contribution in [0, 0.1) is 0 Å². The second-order valence-electron chi connectivity index (χ2n) is 6.46. The van der Waals surface area contributed by atoms with Gasteiger partial charge in [-0.2, -0.15) is 0 Å². The van der Waals surface area contributed by atoms with E-state index in [9.17, 15) is 14.4 Å². The Bertz CT molecular complexity index is 901. The third-order valence-electron chi connectivity index (χ3n) is 4.74. The Morgan fingerprint density at radius 2 is 1.96 bits per heavy atom. The van der Waals surface area contributed by atoms with Crippen LogP contribution in [-0.4, -0.2) is 45.7 Å². The lowest BCUT2D eigenvalue weighted by Gasteiger charge is -2.32. The van der Waals surface area contributed by atoms with E-state index in [4.69, 9.17) is 5.11 Å². The van der Waals surface area contributed by atoms with Crippen molar-refractivity contribution in [2.24, 2.45) is 0 Å². The normalized spacial score (nSPS) is 14.8. The predicted octanol–water partition coefficient (Wildman–Crippen LogP) is 1.36. The molecular weight excluding hydrogens is 348 g/mol. The van der Waals surface area contributed by atoms with Crippen LogP contribution < -0.4 is 15.8 Å². The van der Waals surface area contributed by atoms with E-state index in [0.717, 1.165) is 0 Å². The molecule has 2 aromatic rings. The highest BCUT2D eigenvalue weighted by atomic mass is 16.4. The van der Waals surface area contributed by atoms with Crippen molar-refractivity contribution in [2.45, 2.75) is 32.4 Å². The monoisotopic (exact) mass is 370 g/mol. The zero-order chi connectivity index (χ0) is 19.4. The van der Waals surface area contributed by atoms with Crippen LogP contribution >= 0.6 is 0 Å². The first-order valence-corrected chi connectivity index (χ1v) is 8.94. The van der Waals surface area contributed by atoms with Crippen LogP contribution in [0.1, 0.15) is 40.5 Å². The second-order valence-corrected chi connectivity index (χ2v) is 6.46. The predicted molar refractivity (Wildman–Crippen MR) is 100 cm³/mol. The summed E-state index contributed by atoms with van der Waals surface area (Å²) >= 11 is 0. The number of carbonyl (C=O) groups excluding carboxylic acids is 1. The average molecular weight is 370 g/mol. The quantitative estimate of drug-likeness (QED) is 0.823. The molecule has 0 saturated carbocycles. The summed E-state index contributed by atoms with van der Waals surface area (Å²) in [5.74, 6) is -0.910. The highest BCUT2D eigenvalue weighted by Gasteiger charge is 2.24. The van der Waals surface area contributed by atoms with E-state index in [2.05, 4.69) is 10.3 Å². The van der Waals surface area contributed by atoms with Crippen LogP contribution in [0.5, 0.6) is 0 Å². The number of hydrogen-bond donors (Lipinski definition) is 2. The highest BCUT2D eigenvalue weighted by molar-refractivity contribution is 5.97. The van der Waals surface area contributed by atoms with Gasteiger partial charge in [0.25, 0.3) is 11.5 Å². The Hall–Kier alpha value is -3.16. The average Bonchev–Trinajstić information content (AvgIpc) is 2.69. The van der Waals surface area contributed by atoms with E-state index in [0.29, 0.717) is 43.9 Å². The first-order chi connectivity index (χ1) is 13.0. The molecule has 2 heterocycles. The molecule has 0 radical (unpaired) electrons. The smallest absolute Gasteiger partial charge is 0.335 e. The van der Waals surface area contributed by atoms with Crippen LogP contribution in [0.2, 0.25) is 0 Å². The van der Waals surface area contributed by atoms with E-state index in [1.54, 1.807) is 29.1 Å². The van der Waals surface area contributed by atoms with Crippen LogP contribution in [0.4, 0.5) is 5.82 Å². The van der Waals surface area contributed by atoms with Crippen molar-refractivity contribution in [3.8, 4) is 0 Å². The van der Waals surface area contributed by atoms with Crippen LogP contribution in [0.25, 0.3) is 0 Å². The number of piperidine rings is 1. The Morgan fingerprint density at radius 3 is 2.63 bits per heavy atom. The summed E-state index contributed by atoms with van der Waals surface area (Å²) in [5.41, 5.74) is 0.306. The molecule has 3 rings (SSSR count). The topological polar surface area (TPSA) is 105 Å². The van der Waals surface area contributed by atoms with E-state index in [1.807, 2.05) is 11.8 Å². The number of aryl methyl sites for hydroxylation is 1. The number of benzene rings is 1. The number of carboxylic acid groups (broad SMARTS) is 1. The number of hydrogen-bond acceptors (Lipinski definition) is 5. The summed E-state index contributed by atoms with van der Waals surface area (Å²) in [6.45, 7) is 3.74. The molecule has 0 bridgehead atoms. The largest absolute Gasteiger partial charge is 0.478 e. The van der Waals surface area contributed by atoms with E-state index in [1.165, 1.54) is 12.1 Å². The minimum absolute atomic E-state index is 0.0284. The van der Waals surface area contributed by atoms with Crippen molar-refractivity contribution in [3.63, 3.8) is 0 Å². The van der Waals surface area contributed by atoms with Crippen LogP contribution in [0.15, 0.2) is 41.5 Å². The van der Waals surface area contributed by atoms with E-state index in [-0.39, 0.29) is 23.1 Å². The number of carbonyl (C=O) groups is 2. The molecule has 0 atom stereocenters. The number of nitrogens with one attached hydrogen (secondary N) is 1. The number of amides is 1. The zero-order valence-corrected chi connectivity index (χ0v) is 15.1. The van der Waals surface area contributed by atoms with Gasteiger partial charge in [-0.25, -0.2) is 9.78 Å². The molecule has 1 amide bonds. The van der Waals surface area contributed by atoms with Gasteiger partial charge in [-0.05, 0) is 38.0 Å². The number of rotatable bonds is 5. The fraction of sp³-hybridized carbons (Fsp3) is 0.368. The molecule has 142 valence electrons. The lowest BCUT2D eigenvalue weighted by Crippen LogP contribution is -2.46. The van der Waals surface area contributed by atoms with Gasteiger partial charge in [-0.3, -0.25) is 9.59 Å². The lowest BCUT2D eigenvalue weighted by molar-refractivity contribution is 0.0697. The fourth-order valence-electron chi connectivity index (χ4n) is 3.20. The summed E-state index contributed by atoms with van der Waals surface area (Å²) < 4.78 is 1.62. The van der Waals surface area contributed by atoms with E-state index >= 15 is 0 Å². The summed E-state index contributed by atoms with van der Waals surface area (Å²) in [7, 11) is 0. The Labute approximate surface area is 156 Å². The SMILES string of the molecule is CCn1ccnc(N2CCC(NC(=O)c3cccc(C(=O)O)c3)CC2)c1=O. The van der Waals surface area contributed by atoms with Gasteiger partial charge in [-0.1, -0.05) is 6.07 Å². The summed E-state index contributed by atoms with van der Waals surface area (Å²) in [6.07, 6.45) is 4.67. The maximum atomic E-state index is 12.4. The number of nitrogens with zero attached hydrogens (tertiary/aromatic N) is 3. The maximum Gasteiger partial charge on any atom is 0.335 e. The van der Waals surface area contributed by atoms with Gasteiger partial charge in [0.1, 0.15) is 0 Å². The number of aromatic carboxylic acids is 1. The van der Waals surface area contributed by atoms with Crippen molar-refractivity contribution >= 4 is 17.7 Å². The molecule has 1 aliphatic heterocycles. The van der Waals surface area contributed by atoms with Gasteiger partial charge in [-0.15, -0.1) is 0 Å². The number of carboxylic acids is 1. The van der Waals surface area contributed by atoms with Crippen molar-refractivity contribution in [1.82, 2.24) is 14.9 Å². The molecule has 1 aromatic carbocycles. The molecule has 1 aromatic heterocycles. The number of aromatic nitrogens is 2. The van der Waals surface area contributed by atoms with Crippen LogP contribution in [-0.2, 0) is 6.54 Å². The summed E-state index contributed by atoms with van der Waals surface area (Å²) in [4.78, 5) is 42.0. The third kappa shape index (κ3) is 4.16. The maximum absolute atomic E-state index is 12.4. The molecular formula is C19H22N4O4. The minimum Gasteiger partial charge on any atom is -0.478 e. The van der Waals surface area contributed by atoms with Gasteiger partial charge < -0.3 is 19.9 Å². The Balaban J connectivity index is 1.61. The van der Waals surface area contributed by atoms with Gasteiger partial charge in [0.2, 0.25) is 0 Å². The molecule has 8 heteroatoms. The Morgan fingerprint density at radius 1 is 1.26 bits per heavy atom. The lowest BCUT2D eigenvalue weighted by atomic mass is 10.0. The molecule has 0 aliphatic carbocycles. The molecule has 8 nitrogen and oxygen atoms in total. The Kier molecular flexibility index (Phi) is 5.54. The first kappa shape index (κ1) is 18.6. The standard InChI is InChI=1S/C19H22N4O4/c1-2-22-11-8-20-16(18(22)25)23-9-6-15(7-10-23)21-17(24)13-4-3-5-14(12-13)19(26)27/h3-5,8,11-12,15H,2,6-7,9-10H2,1H3,(H,21,24)(H,26,27). The molecule has 27 heavy (non-hydrogen) atoms. The summed E-state index contributed by atoms with van der Waals surface area (Å²) in [5, 5.41) is 12.0. The molecule has 0 spiro atoms. The second kappa shape index (κ2) is 8.03. The molecule has 1 fully saturated rings. The number of anilines is 1. The first-order valence-electron chi connectivity index (χ1n) is 8.94. The summed E-state index contributed by atoms with van der Waals surface area (Å²) in [6, 6.07) is 5.94. The fourth-order valence-corrected chi connectivity index (χ4v) is 3.20. The van der Waals surface area contributed by atoms with Gasteiger partial charge in [0, 0.05) is 43.6 Å². The minimum atomic E-state index is -1.06. The van der Waals surface area contributed by atoms with Gasteiger partial charge in [0.15, 0.2) is 5.82 Å². The zero-order valence-electron chi connectivity index (χ0n) is 15.1. The van der Waals surface area contributed by atoms with Crippen molar-refractivity contribution < 1.29 is 14.7 Å². The molecule has 1 saturated heterocycles. The van der Waals surface area contributed by atoms with Crippen molar-refractivity contribution in [3.05, 3.63) is 58.1 Å². The van der Waals surface area contributed by atoms with Crippen LogP contribution in [0.3, 0.4) is 0 Å². The van der Waals surface area contributed by atoms with Gasteiger partial charge in [0.05, 0.1) is 5.56 Å². The van der Waals surface area contributed by atoms with Crippen molar-refractivity contribution in [1.29, 1.82) is 0 Å². The third-order valence-corrected chi connectivity index (χ3v) is 4.74.